The Hall–Kier alpha value is -1.35. The van der Waals surface area contributed by atoms with Crippen LogP contribution >= 0.6 is 0 Å². The van der Waals surface area contributed by atoms with E-state index in [4.69, 9.17) is 5.84 Å². The summed E-state index contributed by atoms with van der Waals surface area (Å²) in [6, 6.07) is 7.94. The van der Waals surface area contributed by atoms with E-state index < -0.39 is 0 Å². The fourth-order valence-electron chi connectivity index (χ4n) is 1.35. The average Bonchev–Trinajstić information content (AvgIpc) is 2.22. The van der Waals surface area contributed by atoms with Crippen LogP contribution in [0.5, 0.6) is 0 Å². The number of hydrazine groups is 1. The van der Waals surface area contributed by atoms with Crippen molar-refractivity contribution in [2.24, 2.45) is 5.84 Å². The molecule has 82 valence electrons. The summed E-state index contributed by atoms with van der Waals surface area (Å²) >= 11 is 0. The Labute approximate surface area is 90.9 Å². The summed E-state index contributed by atoms with van der Waals surface area (Å²) in [6.45, 7) is 4.64. The van der Waals surface area contributed by atoms with Gasteiger partial charge in [-0.2, -0.15) is 0 Å². The van der Waals surface area contributed by atoms with Crippen LogP contribution in [0.1, 0.15) is 24.5 Å². The van der Waals surface area contributed by atoms with Crippen molar-refractivity contribution in [3.8, 4) is 0 Å². The van der Waals surface area contributed by atoms with Crippen LogP contribution in [0.25, 0.3) is 0 Å². The van der Waals surface area contributed by atoms with Crippen molar-refractivity contribution in [3.63, 3.8) is 0 Å². The van der Waals surface area contributed by atoms with Gasteiger partial charge in [0.25, 0.3) is 0 Å². The Balaban J connectivity index is 2.54. The van der Waals surface area contributed by atoms with Crippen LogP contribution in [0.15, 0.2) is 24.3 Å². The molecule has 0 radical (unpaired) electrons. The Kier molecular flexibility index (Phi) is 4.31. The minimum atomic E-state index is -0.0271. The molecule has 3 heteroatoms. The van der Waals surface area contributed by atoms with E-state index in [0.717, 1.165) is 12.0 Å². The zero-order valence-corrected chi connectivity index (χ0v) is 9.36. The van der Waals surface area contributed by atoms with E-state index in [2.05, 4.69) is 0 Å². The molecule has 0 aliphatic heterocycles. The van der Waals surface area contributed by atoms with Gasteiger partial charge in [0.2, 0.25) is 5.91 Å². The van der Waals surface area contributed by atoms with Crippen molar-refractivity contribution in [2.75, 3.05) is 6.54 Å². The molecule has 15 heavy (non-hydrogen) atoms. The number of carbonyl (C=O) groups excluding carboxylic acids is 1. The number of hydrogen-bond acceptors (Lipinski definition) is 2. The molecule has 0 unspecified atom stereocenters. The van der Waals surface area contributed by atoms with Crippen LogP contribution in [0.4, 0.5) is 0 Å². The molecule has 0 aliphatic rings. The summed E-state index contributed by atoms with van der Waals surface area (Å²) in [5, 5.41) is 1.29. The lowest BCUT2D eigenvalue weighted by molar-refractivity contribution is -0.130. The number of rotatable bonds is 4. The van der Waals surface area contributed by atoms with E-state index in [0.29, 0.717) is 13.0 Å². The number of carbonyl (C=O) groups is 1. The van der Waals surface area contributed by atoms with E-state index in [1.54, 1.807) is 0 Å². The third-order valence-electron chi connectivity index (χ3n) is 2.26. The second kappa shape index (κ2) is 5.51. The van der Waals surface area contributed by atoms with Crippen molar-refractivity contribution in [1.82, 2.24) is 5.01 Å². The van der Waals surface area contributed by atoms with Gasteiger partial charge in [0.05, 0.1) is 6.42 Å². The van der Waals surface area contributed by atoms with Crippen molar-refractivity contribution in [2.45, 2.75) is 26.7 Å². The lowest BCUT2D eigenvalue weighted by atomic mass is 10.1. The first kappa shape index (κ1) is 11.7. The smallest absolute Gasteiger partial charge is 0.240 e. The summed E-state index contributed by atoms with van der Waals surface area (Å²) in [5.74, 6) is 5.56. The van der Waals surface area contributed by atoms with E-state index >= 15 is 0 Å². The Morgan fingerprint density at radius 3 is 2.47 bits per heavy atom. The predicted octanol–water partition coefficient (Wildman–Crippen LogP) is 1.65. The SMILES string of the molecule is CCCN(N)C(=O)Cc1ccc(C)cc1. The van der Waals surface area contributed by atoms with E-state index in [1.165, 1.54) is 10.6 Å². The Morgan fingerprint density at radius 1 is 1.33 bits per heavy atom. The molecule has 2 N–H and O–H groups in total. The normalized spacial score (nSPS) is 10.1. The lowest BCUT2D eigenvalue weighted by Crippen LogP contribution is -2.38. The first-order valence-corrected chi connectivity index (χ1v) is 5.24. The highest BCUT2D eigenvalue weighted by atomic mass is 16.2. The van der Waals surface area contributed by atoms with Gasteiger partial charge in [-0.3, -0.25) is 9.80 Å². The standard InChI is InChI=1S/C12H18N2O/c1-3-8-14(13)12(15)9-11-6-4-10(2)5-7-11/h4-7H,3,8-9,13H2,1-2H3. The summed E-state index contributed by atoms with van der Waals surface area (Å²) in [7, 11) is 0. The molecule has 0 aliphatic carbocycles. The zero-order valence-electron chi connectivity index (χ0n) is 9.36. The molecule has 0 saturated carbocycles. The van der Waals surface area contributed by atoms with Crippen molar-refractivity contribution in [3.05, 3.63) is 35.4 Å². The molecule has 1 aromatic rings. The molecule has 0 atom stereocenters. The molecule has 1 aromatic carbocycles. The van der Waals surface area contributed by atoms with Crippen molar-refractivity contribution in [1.29, 1.82) is 0 Å². The van der Waals surface area contributed by atoms with Gasteiger partial charge in [-0.05, 0) is 18.9 Å². The summed E-state index contributed by atoms with van der Waals surface area (Å²) in [6.07, 6.45) is 1.27. The summed E-state index contributed by atoms with van der Waals surface area (Å²) in [5.41, 5.74) is 2.21. The molecule has 0 saturated heterocycles. The van der Waals surface area contributed by atoms with Gasteiger partial charge in [0.15, 0.2) is 0 Å². The largest absolute Gasteiger partial charge is 0.280 e. The number of nitrogens with two attached hydrogens (primary N) is 1. The second-order valence-electron chi connectivity index (χ2n) is 3.75. The molecule has 1 rings (SSSR count). The maximum Gasteiger partial charge on any atom is 0.240 e. The monoisotopic (exact) mass is 206 g/mol. The summed E-state index contributed by atoms with van der Waals surface area (Å²) < 4.78 is 0. The molecule has 0 spiro atoms. The van der Waals surface area contributed by atoms with Gasteiger partial charge in [-0.1, -0.05) is 36.8 Å². The second-order valence-corrected chi connectivity index (χ2v) is 3.75. The highest BCUT2D eigenvalue weighted by Gasteiger charge is 2.08. The number of amides is 1. The number of aryl methyl sites for hydroxylation is 1. The van der Waals surface area contributed by atoms with Crippen LogP contribution in [0.3, 0.4) is 0 Å². The first-order chi connectivity index (χ1) is 7.13. The van der Waals surface area contributed by atoms with Crippen LogP contribution in [-0.2, 0) is 11.2 Å². The Morgan fingerprint density at radius 2 is 1.93 bits per heavy atom. The van der Waals surface area contributed by atoms with Crippen LogP contribution in [0.2, 0.25) is 0 Å². The molecule has 0 heterocycles. The van der Waals surface area contributed by atoms with Gasteiger partial charge in [-0.25, -0.2) is 5.84 Å². The van der Waals surface area contributed by atoms with Crippen LogP contribution in [-0.4, -0.2) is 17.5 Å². The molecular formula is C12H18N2O. The zero-order chi connectivity index (χ0) is 11.3. The fourth-order valence-corrected chi connectivity index (χ4v) is 1.35. The molecule has 0 aromatic heterocycles. The van der Waals surface area contributed by atoms with Crippen LogP contribution < -0.4 is 5.84 Å². The maximum atomic E-state index is 11.6. The number of benzene rings is 1. The highest BCUT2D eigenvalue weighted by molar-refractivity contribution is 5.78. The number of nitrogens with zero attached hydrogens (tertiary/aromatic N) is 1. The number of hydrogen-bond donors (Lipinski definition) is 1. The van der Waals surface area contributed by atoms with Gasteiger partial charge in [-0.15, -0.1) is 0 Å². The van der Waals surface area contributed by atoms with Crippen LogP contribution in [0, 0.1) is 6.92 Å². The predicted molar refractivity (Wildman–Crippen MR) is 61.1 cm³/mol. The van der Waals surface area contributed by atoms with E-state index in [-0.39, 0.29) is 5.91 Å². The average molecular weight is 206 g/mol. The molecular weight excluding hydrogens is 188 g/mol. The fraction of sp³-hybridized carbons (Fsp3) is 0.417. The van der Waals surface area contributed by atoms with Gasteiger partial charge >= 0.3 is 0 Å². The third kappa shape index (κ3) is 3.72. The van der Waals surface area contributed by atoms with E-state index in [9.17, 15) is 4.79 Å². The van der Waals surface area contributed by atoms with Gasteiger partial charge in [0, 0.05) is 6.54 Å². The molecule has 0 fully saturated rings. The summed E-state index contributed by atoms with van der Waals surface area (Å²) in [4.78, 5) is 11.6. The first-order valence-electron chi connectivity index (χ1n) is 5.24. The van der Waals surface area contributed by atoms with E-state index in [1.807, 2.05) is 38.1 Å². The Bertz CT molecular complexity index is 319. The van der Waals surface area contributed by atoms with Gasteiger partial charge in [0.1, 0.15) is 0 Å². The quantitative estimate of drug-likeness (QED) is 0.462. The van der Waals surface area contributed by atoms with Crippen molar-refractivity contribution >= 4 is 5.91 Å². The molecule has 3 nitrogen and oxygen atoms in total. The molecule has 1 amide bonds. The van der Waals surface area contributed by atoms with Gasteiger partial charge < -0.3 is 0 Å². The topological polar surface area (TPSA) is 46.3 Å². The third-order valence-corrected chi connectivity index (χ3v) is 2.26. The molecule has 0 bridgehead atoms. The minimum absolute atomic E-state index is 0.0271. The van der Waals surface area contributed by atoms with Crippen molar-refractivity contribution < 1.29 is 4.79 Å². The lowest BCUT2D eigenvalue weighted by Gasteiger charge is -2.15. The maximum absolute atomic E-state index is 11.6. The highest BCUT2D eigenvalue weighted by Crippen LogP contribution is 2.04. The minimum Gasteiger partial charge on any atom is -0.280 e.